The SMILES string of the molecule is Cc1cccc(COCc2cc(Cc3cccc(CO)c3O)cc(CO)c2O)c1O. The Balaban J connectivity index is 1.80. The van der Waals surface area contributed by atoms with Crippen LogP contribution in [0.4, 0.5) is 0 Å². The van der Waals surface area contributed by atoms with Crippen LogP contribution >= 0.6 is 0 Å². The number of hydrogen-bond donors (Lipinski definition) is 5. The number of ether oxygens (including phenoxy) is 1. The third kappa shape index (κ3) is 4.74. The zero-order valence-corrected chi connectivity index (χ0v) is 16.8. The quantitative estimate of drug-likeness (QED) is 0.389. The summed E-state index contributed by atoms with van der Waals surface area (Å²) in [7, 11) is 0. The number of phenols is 3. The number of aromatic hydroxyl groups is 3. The third-order valence-electron chi connectivity index (χ3n) is 5.10. The Hall–Kier alpha value is -3.06. The van der Waals surface area contributed by atoms with E-state index in [0.29, 0.717) is 34.2 Å². The molecule has 158 valence electrons. The molecule has 0 bridgehead atoms. The first-order valence-corrected chi connectivity index (χ1v) is 9.64. The molecule has 0 atom stereocenters. The molecule has 0 aromatic heterocycles. The van der Waals surface area contributed by atoms with Gasteiger partial charge in [-0.1, -0.05) is 36.4 Å². The number of rotatable bonds is 8. The molecule has 0 fully saturated rings. The molecule has 0 aliphatic heterocycles. The second kappa shape index (κ2) is 9.63. The van der Waals surface area contributed by atoms with Gasteiger partial charge in [0.25, 0.3) is 0 Å². The van der Waals surface area contributed by atoms with Gasteiger partial charge in [-0.2, -0.15) is 0 Å². The van der Waals surface area contributed by atoms with Crippen molar-refractivity contribution in [1.82, 2.24) is 0 Å². The minimum absolute atomic E-state index is 0.0337. The summed E-state index contributed by atoms with van der Waals surface area (Å²) >= 11 is 0. The van der Waals surface area contributed by atoms with Gasteiger partial charge in [0, 0.05) is 28.7 Å². The first-order chi connectivity index (χ1) is 14.4. The van der Waals surface area contributed by atoms with E-state index < -0.39 is 0 Å². The van der Waals surface area contributed by atoms with Gasteiger partial charge in [0.05, 0.1) is 26.4 Å². The Kier molecular flexibility index (Phi) is 6.95. The Morgan fingerprint density at radius 1 is 0.667 bits per heavy atom. The summed E-state index contributed by atoms with van der Waals surface area (Å²) in [5.41, 5.74) is 4.12. The molecule has 5 N–H and O–H groups in total. The molecule has 30 heavy (non-hydrogen) atoms. The summed E-state index contributed by atoms with van der Waals surface area (Å²) in [6.07, 6.45) is 0.360. The standard InChI is InChI=1S/C24H26O6/c1-15-4-2-7-19(22(15)27)13-30-14-21-10-16(9-20(12-26)24(21)29)8-17-5-3-6-18(11-25)23(17)28/h2-7,9-10,25-29H,8,11-14H2,1H3. The van der Waals surface area contributed by atoms with E-state index in [1.165, 1.54) is 0 Å². The molecule has 3 aromatic rings. The van der Waals surface area contributed by atoms with Crippen molar-refractivity contribution in [2.45, 2.75) is 39.8 Å². The Bertz CT molecular complexity index is 1030. The van der Waals surface area contributed by atoms with Crippen LogP contribution in [0.15, 0.2) is 48.5 Å². The third-order valence-corrected chi connectivity index (χ3v) is 5.10. The predicted octanol–water partition coefficient (Wildman–Crippen LogP) is 3.40. The first-order valence-electron chi connectivity index (χ1n) is 9.64. The van der Waals surface area contributed by atoms with Crippen molar-refractivity contribution in [2.75, 3.05) is 0 Å². The van der Waals surface area contributed by atoms with Gasteiger partial charge in [0.1, 0.15) is 17.2 Å². The second-order valence-corrected chi connectivity index (χ2v) is 7.26. The van der Waals surface area contributed by atoms with Crippen LogP contribution < -0.4 is 0 Å². The molecule has 0 radical (unpaired) electrons. The molecule has 0 saturated heterocycles. The lowest BCUT2D eigenvalue weighted by atomic mass is 9.97. The molecule has 0 aliphatic carbocycles. The second-order valence-electron chi connectivity index (χ2n) is 7.26. The van der Waals surface area contributed by atoms with Gasteiger partial charge in [0.2, 0.25) is 0 Å². The molecular formula is C24H26O6. The minimum Gasteiger partial charge on any atom is -0.507 e. The molecule has 6 nitrogen and oxygen atoms in total. The average molecular weight is 410 g/mol. The molecule has 0 spiro atoms. The number of aliphatic hydroxyl groups excluding tert-OH is 2. The summed E-state index contributed by atoms with van der Waals surface area (Å²) in [5.74, 6) is 0.181. The lowest BCUT2D eigenvalue weighted by molar-refractivity contribution is 0.103. The highest BCUT2D eigenvalue weighted by atomic mass is 16.5. The van der Waals surface area contributed by atoms with E-state index in [4.69, 9.17) is 4.74 Å². The topological polar surface area (TPSA) is 110 Å². The van der Waals surface area contributed by atoms with Gasteiger partial charge >= 0.3 is 0 Å². The zero-order valence-electron chi connectivity index (χ0n) is 16.8. The van der Waals surface area contributed by atoms with Crippen LogP contribution in [-0.2, 0) is 37.6 Å². The summed E-state index contributed by atoms with van der Waals surface area (Å²) < 4.78 is 5.70. The molecule has 3 aromatic carbocycles. The number of phenolic OH excluding ortho intramolecular Hbond substituents is 1. The summed E-state index contributed by atoms with van der Waals surface area (Å²) in [5, 5.41) is 49.8. The van der Waals surface area contributed by atoms with E-state index in [2.05, 4.69) is 0 Å². The maximum atomic E-state index is 10.4. The molecule has 6 heteroatoms. The maximum absolute atomic E-state index is 10.4. The molecule has 0 saturated carbocycles. The van der Waals surface area contributed by atoms with Crippen LogP contribution in [-0.4, -0.2) is 25.5 Å². The van der Waals surface area contributed by atoms with Crippen molar-refractivity contribution in [3.63, 3.8) is 0 Å². The summed E-state index contributed by atoms with van der Waals surface area (Å²) in [6, 6.07) is 14.0. The van der Waals surface area contributed by atoms with Gasteiger partial charge in [-0.25, -0.2) is 0 Å². The van der Waals surface area contributed by atoms with E-state index in [9.17, 15) is 25.5 Å². The number of para-hydroxylation sites is 2. The van der Waals surface area contributed by atoms with Crippen molar-refractivity contribution in [3.05, 3.63) is 87.5 Å². The van der Waals surface area contributed by atoms with Gasteiger partial charge in [0.15, 0.2) is 0 Å². The molecular weight excluding hydrogens is 384 g/mol. The van der Waals surface area contributed by atoms with Crippen molar-refractivity contribution in [3.8, 4) is 17.2 Å². The normalized spacial score (nSPS) is 11.0. The minimum atomic E-state index is -0.339. The van der Waals surface area contributed by atoms with Crippen LogP contribution in [0.1, 0.15) is 38.9 Å². The first kappa shape index (κ1) is 21.6. The van der Waals surface area contributed by atoms with Crippen LogP contribution in [0, 0.1) is 6.92 Å². The van der Waals surface area contributed by atoms with E-state index in [-0.39, 0.29) is 43.7 Å². The lowest BCUT2D eigenvalue weighted by Gasteiger charge is -2.14. The number of aliphatic hydroxyl groups is 2. The van der Waals surface area contributed by atoms with Crippen LogP contribution in [0.2, 0.25) is 0 Å². The number of aryl methyl sites for hydroxylation is 1. The van der Waals surface area contributed by atoms with Gasteiger partial charge in [-0.15, -0.1) is 0 Å². The molecule has 0 heterocycles. The van der Waals surface area contributed by atoms with Crippen LogP contribution in [0.25, 0.3) is 0 Å². The highest BCUT2D eigenvalue weighted by molar-refractivity contribution is 5.47. The van der Waals surface area contributed by atoms with Crippen LogP contribution in [0.5, 0.6) is 17.2 Å². The lowest BCUT2D eigenvalue weighted by Crippen LogP contribution is -2.01. The van der Waals surface area contributed by atoms with Crippen molar-refractivity contribution < 1.29 is 30.3 Å². The van der Waals surface area contributed by atoms with Crippen molar-refractivity contribution in [1.29, 1.82) is 0 Å². The highest BCUT2D eigenvalue weighted by Crippen LogP contribution is 2.30. The molecule has 0 aliphatic rings. The Morgan fingerprint density at radius 3 is 1.97 bits per heavy atom. The highest BCUT2D eigenvalue weighted by Gasteiger charge is 2.13. The van der Waals surface area contributed by atoms with Gasteiger partial charge < -0.3 is 30.3 Å². The fraction of sp³-hybridized carbons (Fsp3) is 0.250. The van der Waals surface area contributed by atoms with E-state index in [0.717, 1.165) is 11.1 Å². The zero-order chi connectivity index (χ0) is 21.7. The summed E-state index contributed by atoms with van der Waals surface area (Å²) in [6.45, 7) is 1.46. The number of benzene rings is 3. The fourth-order valence-corrected chi connectivity index (χ4v) is 3.41. The molecule has 0 amide bonds. The van der Waals surface area contributed by atoms with E-state index in [1.54, 1.807) is 36.4 Å². The maximum Gasteiger partial charge on any atom is 0.126 e. The largest absolute Gasteiger partial charge is 0.507 e. The van der Waals surface area contributed by atoms with Crippen molar-refractivity contribution in [2.24, 2.45) is 0 Å². The van der Waals surface area contributed by atoms with Crippen LogP contribution in [0.3, 0.4) is 0 Å². The predicted molar refractivity (Wildman–Crippen MR) is 112 cm³/mol. The van der Waals surface area contributed by atoms with E-state index >= 15 is 0 Å². The molecule has 3 rings (SSSR count). The van der Waals surface area contributed by atoms with E-state index in [1.807, 2.05) is 19.1 Å². The van der Waals surface area contributed by atoms with Gasteiger partial charge in [-0.05, 0) is 35.7 Å². The average Bonchev–Trinajstić information content (AvgIpc) is 2.74. The Labute approximate surface area is 175 Å². The smallest absolute Gasteiger partial charge is 0.126 e. The van der Waals surface area contributed by atoms with Crippen molar-refractivity contribution >= 4 is 0 Å². The Morgan fingerprint density at radius 2 is 1.23 bits per heavy atom. The summed E-state index contributed by atoms with van der Waals surface area (Å²) in [4.78, 5) is 0. The number of hydrogen-bond acceptors (Lipinski definition) is 6. The fourth-order valence-electron chi connectivity index (χ4n) is 3.41. The molecule has 0 unspecified atom stereocenters. The monoisotopic (exact) mass is 410 g/mol. The van der Waals surface area contributed by atoms with Gasteiger partial charge in [-0.3, -0.25) is 0 Å².